The van der Waals surface area contributed by atoms with Crippen molar-refractivity contribution in [2.24, 2.45) is 0 Å². The Labute approximate surface area is 156 Å². The molecule has 3 heterocycles. The Morgan fingerprint density at radius 1 is 1.19 bits per heavy atom. The number of amides is 1. The summed E-state index contributed by atoms with van der Waals surface area (Å²) in [6, 6.07) is 13.6. The molecule has 0 spiro atoms. The van der Waals surface area contributed by atoms with Crippen LogP contribution in [0.4, 0.5) is 0 Å². The number of benzene rings is 1. The zero-order valence-corrected chi connectivity index (χ0v) is 15.3. The summed E-state index contributed by atoms with van der Waals surface area (Å²) in [7, 11) is 1.78. The molecule has 1 amide bonds. The number of H-pyrrole nitrogens is 1. The average molecular weight is 360 g/mol. The fourth-order valence-electron chi connectivity index (χ4n) is 3.22. The monoisotopic (exact) mass is 360 g/mol. The van der Waals surface area contributed by atoms with Crippen LogP contribution in [0.3, 0.4) is 0 Å². The largest absolute Gasteiger partial charge is 0.359 e. The van der Waals surface area contributed by atoms with Crippen LogP contribution in [0.2, 0.25) is 0 Å². The topological polar surface area (TPSA) is 75.0 Å². The molecule has 0 radical (unpaired) electrons. The summed E-state index contributed by atoms with van der Waals surface area (Å²) in [5.74, 6) is 0.679. The lowest BCUT2D eigenvalue weighted by Gasteiger charge is -2.15. The van der Waals surface area contributed by atoms with Crippen molar-refractivity contribution in [3.8, 4) is 11.3 Å². The number of para-hydroxylation sites is 1. The summed E-state index contributed by atoms with van der Waals surface area (Å²) in [4.78, 5) is 21.7. The molecule has 0 aliphatic rings. The van der Waals surface area contributed by atoms with Crippen LogP contribution >= 0.6 is 0 Å². The van der Waals surface area contributed by atoms with Gasteiger partial charge in [0.05, 0.1) is 13.0 Å². The number of nitrogens with zero attached hydrogens (tertiary/aromatic N) is 3. The van der Waals surface area contributed by atoms with Crippen LogP contribution in [0.1, 0.15) is 17.0 Å². The van der Waals surface area contributed by atoms with E-state index in [0.717, 1.165) is 33.4 Å². The second-order valence-corrected chi connectivity index (χ2v) is 6.62. The zero-order valence-electron chi connectivity index (χ0n) is 15.3. The molecule has 0 saturated heterocycles. The van der Waals surface area contributed by atoms with Crippen LogP contribution in [-0.4, -0.2) is 33.0 Å². The van der Waals surface area contributed by atoms with Crippen molar-refractivity contribution in [3.05, 3.63) is 71.9 Å². The van der Waals surface area contributed by atoms with Crippen LogP contribution in [0.15, 0.2) is 59.4 Å². The van der Waals surface area contributed by atoms with Gasteiger partial charge in [-0.05, 0) is 30.7 Å². The van der Waals surface area contributed by atoms with Gasteiger partial charge >= 0.3 is 0 Å². The Morgan fingerprint density at radius 3 is 2.78 bits per heavy atom. The van der Waals surface area contributed by atoms with E-state index in [1.54, 1.807) is 24.3 Å². The number of carbonyl (C=O) groups excluding carboxylic acids is 1. The third kappa shape index (κ3) is 3.46. The van der Waals surface area contributed by atoms with E-state index < -0.39 is 0 Å². The molecule has 1 N–H and O–H groups in total. The zero-order chi connectivity index (χ0) is 18.8. The van der Waals surface area contributed by atoms with Gasteiger partial charge in [0.15, 0.2) is 5.76 Å². The first-order chi connectivity index (χ1) is 13.1. The fraction of sp³-hybridized carbons (Fsp3) is 0.190. The van der Waals surface area contributed by atoms with Crippen molar-refractivity contribution >= 4 is 16.8 Å². The van der Waals surface area contributed by atoms with Crippen molar-refractivity contribution in [2.75, 3.05) is 7.05 Å². The number of hydrogen-bond donors (Lipinski definition) is 1. The first-order valence-electron chi connectivity index (χ1n) is 8.78. The van der Waals surface area contributed by atoms with Gasteiger partial charge in [0.1, 0.15) is 5.69 Å². The lowest BCUT2D eigenvalue weighted by Crippen LogP contribution is -2.27. The molecule has 136 valence electrons. The van der Waals surface area contributed by atoms with E-state index in [4.69, 9.17) is 4.52 Å². The molecular formula is C21H20N4O2. The second-order valence-electron chi connectivity index (χ2n) is 6.62. The number of rotatable bonds is 5. The van der Waals surface area contributed by atoms with Crippen LogP contribution in [-0.2, 0) is 17.8 Å². The molecular weight excluding hydrogens is 340 g/mol. The van der Waals surface area contributed by atoms with Gasteiger partial charge in [0, 0.05) is 47.7 Å². The van der Waals surface area contributed by atoms with Gasteiger partial charge in [-0.2, -0.15) is 0 Å². The Morgan fingerprint density at radius 2 is 1.96 bits per heavy atom. The normalized spacial score (nSPS) is 11.0. The smallest absolute Gasteiger partial charge is 0.227 e. The first kappa shape index (κ1) is 17.0. The Bertz CT molecular complexity index is 1080. The van der Waals surface area contributed by atoms with Crippen LogP contribution in [0.25, 0.3) is 22.2 Å². The highest BCUT2D eigenvalue weighted by atomic mass is 16.5. The first-order valence-corrected chi connectivity index (χ1v) is 8.78. The predicted molar refractivity (Wildman–Crippen MR) is 103 cm³/mol. The SMILES string of the molecule is Cc1[nH]c2ccccc2c1CC(=O)N(C)Cc1cc(-c2ccncc2)no1. The van der Waals surface area contributed by atoms with Gasteiger partial charge in [-0.25, -0.2) is 0 Å². The third-order valence-electron chi connectivity index (χ3n) is 4.71. The maximum absolute atomic E-state index is 12.7. The highest BCUT2D eigenvalue weighted by Crippen LogP contribution is 2.23. The van der Waals surface area contributed by atoms with Gasteiger partial charge in [-0.3, -0.25) is 9.78 Å². The maximum Gasteiger partial charge on any atom is 0.227 e. The molecule has 0 bridgehead atoms. The molecule has 27 heavy (non-hydrogen) atoms. The van der Waals surface area contributed by atoms with Gasteiger partial charge in [0.2, 0.25) is 5.91 Å². The summed E-state index contributed by atoms with van der Waals surface area (Å²) in [5.41, 5.74) is 4.79. The number of nitrogens with one attached hydrogen (secondary N) is 1. The van der Waals surface area contributed by atoms with E-state index in [-0.39, 0.29) is 5.91 Å². The summed E-state index contributed by atoms with van der Waals surface area (Å²) < 4.78 is 5.40. The van der Waals surface area contributed by atoms with Crippen LogP contribution < -0.4 is 0 Å². The third-order valence-corrected chi connectivity index (χ3v) is 4.71. The quantitative estimate of drug-likeness (QED) is 0.588. The molecule has 4 aromatic rings. The van der Waals surface area contributed by atoms with Crippen molar-refractivity contribution in [1.29, 1.82) is 0 Å². The number of aryl methyl sites for hydroxylation is 1. The minimum Gasteiger partial charge on any atom is -0.359 e. The van der Waals surface area contributed by atoms with E-state index in [0.29, 0.717) is 18.7 Å². The van der Waals surface area contributed by atoms with E-state index in [1.807, 2.05) is 49.4 Å². The number of carbonyl (C=O) groups is 1. The molecule has 0 unspecified atom stereocenters. The summed E-state index contributed by atoms with van der Waals surface area (Å²) in [6.45, 7) is 2.37. The summed E-state index contributed by atoms with van der Waals surface area (Å²) in [5, 5.41) is 5.18. The second kappa shape index (κ2) is 7.07. The average Bonchev–Trinajstić information content (AvgIpc) is 3.27. The fourth-order valence-corrected chi connectivity index (χ4v) is 3.22. The van der Waals surface area contributed by atoms with Gasteiger partial charge in [-0.1, -0.05) is 23.4 Å². The minimum absolute atomic E-state index is 0.0321. The summed E-state index contributed by atoms with van der Waals surface area (Å²) >= 11 is 0. The summed E-state index contributed by atoms with van der Waals surface area (Å²) in [6.07, 6.45) is 3.77. The lowest BCUT2D eigenvalue weighted by molar-refractivity contribution is -0.129. The Kier molecular flexibility index (Phi) is 4.46. The van der Waals surface area contributed by atoms with Crippen LogP contribution in [0.5, 0.6) is 0 Å². The van der Waals surface area contributed by atoms with Gasteiger partial charge in [-0.15, -0.1) is 0 Å². The molecule has 0 aliphatic heterocycles. The molecule has 6 heteroatoms. The molecule has 0 atom stereocenters. The number of fused-ring (bicyclic) bond motifs is 1. The van der Waals surface area contributed by atoms with Crippen molar-refractivity contribution in [3.63, 3.8) is 0 Å². The van der Waals surface area contributed by atoms with E-state index in [1.165, 1.54) is 0 Å². The lowest BCUT2D eigenvalue weighted by atomic mass is 10.1. The Hall–Kier alpha value is -3.41. The number of hydrogen-bond acceptors (Lipinski definition) is 4. The Balaban J connectivity index is 1.47. The maximum atomic E-state index is 12.7. The molecule has 1 aromatic carbocycles. The van der Waals surface area contributed by atoms with Crippen molar-refractivity contribution in [2.45, 2.75) is 19.9 Å². The molecule has 3 aromatic heterocycles. The van der Waals surface area contributed by atoms with Crippen molar-refractivity contribution < 1.29 is 9.32 Å². The molecule has 4 rings (SSSR count). The standard InChI is InChI=1S/C21H20N4O2/c1-14-18(17-5-3-4-6-19(17)23-14)12-21(26)25(2)13-16-11-20(24-27-16)15-7-9-22-10-8-15/h3-11,23H,12-13H2,1-2H3. The minimum atomic E-state index is 0.0321. The van der Waals surface area contributed by atoms with Gasteiger partial charge < -0.3 is 14.4 Å². The molecule has 0 aliphatic carbocycles. The predicted octanol–water partition coefficient (Wildman–Crippen LogP) is 3.73. The molecule has 0 saturated carbocycles. The highest BCUT2D eigenvalue weighted by Gasteiger charge is 2.17. The molecule has 6 nitrogen and oxygen atoms in total. The van der Waals surface area contributed by atoms with Crippen molar-refractivity contribution in [1.82, 2.24) is 20.0 Å². The number of likely N-dealkylation sites (N-methyl/N-ethyl adjacent to an activating group) is 1. The molecule has 0 fully saturated rings. The van der Waals surface area contributed by atoms with E-state index >= 15 is 0 Å². The van der Waals surface area contributed by atoms with E-state index in [9.17, 15) is 4.79 Å². The number of pyridine rings is 1. The van der Waals surface area contributed by atoms with E-state index in [2.05, 4.69) is 15.1 Å². The van der Waals surface area contributed by atoms with Crippen LogP contribution in [0, 0.1) is 6.92 Å². The highest BCUT2D eigenvalue weighted by molar-refractivity contribution is 5.90. The number of aromatic nitrogens is 3. The number of aromatic amines is 1. The van der Waals surface area contributed by atoms with Gasteiger partial charge in [0.25, 0.3) is 0 Å².